The molecule has 1 atom stereocenters. The summed E-state index contributed by atoms with van der Waals surface area (Å²) >= 11 is 0. The first kappa shape index (κ1) is 19.5. The molecule has 0 saturated carbocycles. The van der Waals surface area contributed by atoms with Crippen molar-refractivity contribution in [1.29, 1.82) is 0 Å². The summed E-state index contributed by atoms with van der Waals surface area (Å²) in [6.45, 7) is 7.14. The number of rotatable bonds is 5. The van der Waals surface area contributed by atoms with Gasteiger partial charge in [0.2, 0.25) is 0 Å². The number of hydrogen-bond acceptors (Lipinski definition) is 4. The van der Waals surface area contributed by atoms with Gasteiger partial charge in [0.1, 0.15) is 6.04 Å². The smallest absolute Gasteiger partial charge is 0.178 e. The standard InChI is InChI=1S/C22H26N2O2S/c1-3-8-21-18-23(17-19-9-6-5-7-10-19)15-16-24(21)20-11-13-22(14-12-20)27(25,26)4-2/h5-7,9-14,21H,4,15-18H2,1-2H3. The molecule has 2 aromatic carbocycles. The highest BCUT2D eigenvalue weighted by molar-refractivity contribution is 7.91. The molecule has 5 heteroatoms. The number of anilines is 1. The van der Waals surface area contributed by atoms with Gasteiger partial charge in [-0.1, -0.05) is 43.2 Å². The Hall–Kier alpha value is -2.29. The SMILES string of the molecule is CC#CC1CN(Cc2ccccc2)CCN1c1ccc(S(=O)(=O)CC)cc1. The topological polar surface area (TPSA) is 40.6 Å². The molecule has 1 aliphatic rings. The van der Waals surface area contributed by atoms with E-state index in [1.54, 1.807) is 19.1 Å². The average Bonchev–Trinajstić information content (AvgIpc) is 2.69. The van der Waals surface area contributed by atoms with E-state index in [4.69, 9.17) is 0 Å². The second-order valence-corrected chi connectivity index (χ2v) is 9.00. The molecule has 1 heterocycles. The van der Waals surface area contributed by atoms with E-state index in [1.807, 2.05) is 25.1 Å². The minimum atomic E-state index is -3.17. The molecule has 0 amide bonds. The maximum Gasteiger partial charge on any atom is 0.178 e. The molecule has 1 unspecified atom stereocenters. The van der Waals surface area contributed by atoms with Crippen molar-refractivity contribution >= 4 is 15.5 Å². The predicted octanol–water partition coefficient (Wildman–Crippen LogP) is 3.19. The van der Waals surface area contributed by atoms with Gasteiger partial charge in [-0.15, -0.1) is 5.92 Å². The van der Waals surface area contributed by atoms with Crippen molar-refractivity contribution in [2.45, 2.75) is 31.3 Å². The second-order valence-electron chi connectivity index (χ2n) is 6.72. The summed E-state index contributed by atoms with van der Waals surface area (Å²) < 4.78 is 24.1. The van der Waals surface area contributed by atoms with Crippen molar-refractivity contribution in [3.05, 3.63) is 60.2 Å². The zero-order chi connectivity index (χ0) is 19.3. The van der Waals surface area contributed by atoms with Crippen LogP contribution in [0.3, 0.4) is 0 Å². The normalized spacial score (nSPS) is 18.0. The van der Waals surface area contributed by atoms with E-state index in [0.717, 1.165) is 31.9 Å². The van der Waals surface area contributed by atoms with Gasteiger partial charge in [0, 0.05) is 31.9 Å². The van der Waals surface area contributed by atoms with E-state index in [9.17, 15) is 8.42 Å². The number of sulfone groups is 1. The van der Waals surface area contributed by atoms with Gasteiger partial charge in [-0.2, -0.15) is 0 Å². The van der Waals surface area contributed by atoms with E-state index in [2.05, 4.69) is 45.9 Å². The van der Waals surface area contributed by atoms with Gasteiger partial charge in [0.05, 0.1) is 10.6 Å². The maximum absolute atomic E-state index is 12.0. The van der Waals surface area contributed by atoms with E-state index in [-0.39, 0.29) is 11.8 Å². The summed E-state index contributed by atoms with van der Waals surface area (Å²) in [4.78, 5) is 5.09. The molecule has 2 aromatic rings. The molecule has 1 aliphatic heterocycles. The molecule has 1 fully saturated rings. The minimum Gasteiger partial charge on any atom is -0.355 e. The van der Waals surface area contributed by atoms with Crippen LogP contribution in [0.25, 0.3) is 0 Å². The molecule has 4 nitrogen and oxygen atoms in total. The highest BCUT2D eigenvalue weighted by atomic mass is 32.2. The van der Waals surface area contributed by atoms with Crippen LogP contribution in [0.5, 0.6) is 0 Å². The van der Waals surface area contributed by atoms with Crippen molar-refractivity contribution in [3.63, 3.8) is 0 Å². The fourth-order valence-corrected chi connectivity index (χ4v) is 4.32. The summed E-state index contributed by atoms with van der Waals surface area (Å²) in [7, 11) is -3.17. The molecule has 0 aromatic heterocycles. The molecule has 0 bridgehead atoms. The third kappa shape index (κ3) is 4.71. The lowest BCUT2D eigenvalue weighted by molar-refractivity contribution is 0.232. The summed E-state index contributed by atoms with van der Waals surface area (Å²) in [6.07, 6.45) is 0. The first-order valence-corrected chi connectivity index (χ1v) is 11.0. The molecule has 27 heavy (non-hydrogen) atoms. The van der Waals surface area contributed by atoms with Gasteiger partial charge in [-0.3, -0.25) is 4.90 Å². The number of nitrogens with zero attached hydrogens (tertiary/aromatic N) is 2. The highest BCUT2D eigenvalue weighted by Gasteiger charge is 2.26. The van der Waals surface area contributed by atoms with E-state index in [0.29, 0.717) is 4.90 Å². The third-order valence-electron chi connectivity index (χ3n) is 4.93. The van der Waals surface area contributed by atoms with Crippen LogP contribution in [0.2, 0.25) is 0 Å². The number of benzene rings is 2. The summed E-state index contributed by atoms with van der Waals surface area (Å²) in [5.41, 5.74) is 2.33. The lowest BCUT2D eigenvalue weighted by Gasteiger charge is -2.40. The minimum absolute atomic E-state index is 0.0982. The summed E-state index contributed by atoms with van der Waals surface area (Å²) in [6, 6.07) is 17.8. The maximum atomic E-state index is 12.0. The van der Waals surface area contributed by atoms with Crippen molar-refractivity contribution in [2.75, 3.05) is 30.3 Å². The van der Waals surface area contributed by atoms with Crippen molar-refractivity contribution in [1.82, 2.24) is 4.90 Å². The van der Waals surface area contributed by atoms with E-state index in [1.165, 1.54) is 5.56 Å². The van der Waals surface area contributed by atoms with Gasteiger partial charge in [0.25, 0.3) is 0 Å². The van der Waals surface area contributed by atoms with Crippen LogP contribution in [0.1, 0.15) is 19.4 Å². The van der Waals surface area contributed by atoms with Gasteiger partial charge in [-0.25, -0.2) is 8.42 Å². The van der Waals surface area contributed by atoms with Crippen LogP contribution in [0.15, 0.2) is 59.5 Å². The zero-order valence-electron chi connectivity index (χ0n) is 15.9. The fraction of sp³-hybridized carbons (Fsp3) is 0.364. The lowest BCUT2D eigenvalue weighted by Crippen LogP contribution is -2.52. The second kappa shape index (κ2) is 8.60. The monoisotopic (exact) mass is 382 g/mol. The average molecular weight is 383 g/mol. The van der Waals surface area contributed by atoms with Crippen molar-refractivity contribution in [2.24, 2.45) is 0 Å². The Labute approximate surface area is 162 Å². The van der Waals surface area contributed by atoms with Gasteiger partial charge < -0.3 is 4.90 Å². The Kier molecular flexibility index (Phi) is 6.20. The Balaban J connectivity index is 1.75. The molecule has 0 spiro atoms. The molecule has 0 N–H and O–H groups in total. The van der Waals surface area contributed by atoms with Crippen LogP contribution in [0, 0.1) is 11.8 Å². The molecule has 0 radical (unpaired) electrons. The van der Waals surface area contributed by atoms with E-state index >= 15 is 0 Å². The Morgan fingerprint density at radius 2 is 1.74 bits per heavy atom. The van der Waals surface area contributed by atoms with Gasteiger partial charge in [0.15, 0.2) is 9.84 Å². The fourth-order valence-electron chi connectivity index (χ4n) is 3.44. The lowest BCUT2D eigenvalue weighted by atomic mass is 10.1. The Morgan fingerprint density at radius 3 is 2.37 bits per heavy atom. The van der Waals surface area contributed by atoms with Gasteiger partial charge in [-0.05, 0) is 36.8 Å². The number of piperazine rings is 1. The zero-order valence-corrected chi connectivity index (χ0v) is 16.7. The molecule has 0 aliphatic carbocycles. The van der Waals surface area contributed by atoms with Crippen molar-refractivity contribution in [3.8, 4) is 11.8 Å². The summed E-state index contributed by atoms with van der Waals surface area (Å²) in [5.74, 6) is 6.49. The van der Waals surface area contributed by atoms with E-state index < -0.39 is 9.84 Å². The van der Waals surface area contributed by atoms with Crippen LogP contribution in [-0.4, -0.2) is 44.7 Å². The first-order valence-electron chi connectivity index (χ1n) is 9.31. The molecule has 3 rings (SSSR count). The van der Waals surface area contributed by atoms with Crippen LogP contribution in [-0.2, 0) is 16.4 Å². The van der Waals surface area contributed by atoms with Crippen LogP contribution in [0.4, 0.5) is 5.69 Å². The van der Waals surface area contributed by atoms with Crippen LogP contribution < -0.4 is 4.90 Å². The largest absolute Gasteiger partial charge is 0.355 e. The Morgan fingerprint density at radius 1 is 1.04 bits per heavy atom. The first-order chi connectivity index (χ1) is 13.0. The van der Waals surface area contributed by atoms with Crippen molar-refractivity contribution < 1.29 is 8.42 Å². The number of hydrogen-bond donors (Lipinski definition) is 0. The van der Waals surface area contributed by atoms with Crippen LogP contribution >= 0.6 is 0 Å². The molecular weight excluding hydrogens is 356 g/mol. The summed E-state index contributed by atoms with van der Waals surface area (Å²) in [5, 5.41) is 0. The quantitative estimate of drug-likeness (QED) is 0.745. The molecule has 142 valence electrons. The van der Waals surface area contributed by atoms with Gasteiger partial charge >= 0.3 is 0 Å². The predicted molar refractivity (Wildman–Crippen MR) is 110 cm³/mol. The highest BCUT2D eigenvalue weighted by Crippen LogP contribution is 2.24. The third-order valence-corrected chi connectivity index (χ3v) is 6.68. The molecular formula is C22H26N2O2S. The Bertz CT molecular complexity index is 912. The molecule has 1 saturated heterocycles.